The summed E-state index contributed by atoms with van der Waals surface area (Å²) in [6.45, 7) is 4.03. The highest BCUT2D eigenvalue weighted by molar-refractivity contribution is 5.94. The first-order chi connectivity index (χ1) is 15.5. The zero-order valence-corrected chi connectivity index (χ0v) is 18.3. The zero-order valence-electron chi connectivity index (χ0n) is 18.3. The number of piperazine rings is 1. The number of Topliss-reactive ketones (excluding diaryl/α,β-unsaturated/α-hetero) is 1. The number of benzene rings is 2. The van der Waals surface area contributed by atoms with Gasteiger partial charge in [0.1, 0.15) is 5.75 Å². The van der Waals surface area contributed by atoms with E-state index in [2.05, 4.69) is 20.2 Å². The van der Waals surface area contributed by atoms with Crippen molar-refractivity contribution < 1.29 is 19.1 Å². The minimum absolute atomic E-state index is 0.0451. The summed E-state index contributed by atoms with van der Waals surface area (Å²) in [5.41, 5.74) is 2.96. The van der Waals surface area contributed by atoms with Gasteiger partial charge in [-0.25, -0.2) is 14.8 Å². The van der Waals surface area contributed by atoms with Crippen molar-refractivity contribution in [1.82, 2.24) is 14.9 Å². The number of amides is 2. The van der Waals surface area contributed by atoms with E-state index >= 15 is 0 Å². The summed E-state index contributed by atoms with van der Waals surface area (Å²) in [4.78, 5) is 37.2. The number of nitrogens with zero attached hydrogens (tertiary/aromatic N) is 4. The Labute approximate surface area is 186 Å². The van der Waals surface area contributed by atoms with Crippen LogP contribution in [-0.4, -0.2) is 67.1 Å². The lowest BCUT2D eigenvalue weighted by Gasteiger charge is -2.36. The molecule has 0 unspecified atom stereocenters. The molecule has 0 saturated carbocycles. The van der Waals surface area contributed by atoms with Gasteiger partial charge in [-0.1, -0.05) is 0 Å². The van der Waals surface area contributed by atoms with Gasteiger partial charge in [-0.2, -0.15) is 0 Å². The van der Waals surface area contributed by atoms with E-state index in [0.29, 0.717) is 48.5 Å². The van der Waals surface area contributed by atoms with Crippen LogP contribution < -0.4 is 19.7 Å². The molecule has 32 heavy (non-hydrogen) atoms. The van der Waals surface area contributed by atoms with Gasteiger partial charge in [0.15, 0.2) is 11.6 Å². The quantitative estimate of drug-likeness (QED) is 0.615. The Balaban J connectivity index is 1.43. The topological polar surface area (TPSA) is 96.9 Å². The van der Waals surface area contributed by atoms with Gasteiger partial charge in [-0.05, 0) is 43.3 Å². The predicted molar refractivity (Wildman–Crippen MR) is 122 cm³/mol. The molecule has 9 nitrogen and oxygen atoms in total. The molecule has 0 spiro atoms. The highest BCUT2D eigenvalue weighted by Gasteiger charge is 2.23. The lowest BCUT2D eigenvalue weighted by Crippen LogP contribution is -2.50. The molecule has 2 heterocycles. The lowest BCUT2D eigenvalue weighted by molar-refractivity contribution is 0.101. The molecule has 1 saturated heterocycles. The maximum atomic E-state index is 12.9. The fourth-order valence-corrected chi connectivity index (χ4v) is 3.62. The average molecular weight is 435 g/mol. The van der Waals surface area contributed by atoms with Crippen LogP contribution in [-0.2, 0) is 0 Å². The lowest BCUT2D eigenvalue weighted by atomic mass is 10.1. The van der Waals surface area contributed by atoms with Crippen LogP contribution in [0.5, 0.6) is 11.6 Å². The van der Waals surface area contributed by atoms with Crippen molar-refractivity contribution in [3.63, 3.8) is 0 Å². The number of fused-ring (bicyclic) bond motifs is 1. The summed E-state index contributed by atoms with van der Waals surface area (Å²) in [6, 6.07) is 12.6. The number of rotatable bonds is 5. The number of nitrogens with one attached hydrogen (secondary N) is 1. The average Bonchev–Trinajstić information content (AvgIpc) is 2.83. The number of ether oxygens (including phenoxy) is 2. The summed E-state index contributed by atoms with van der Waals surface area (Å²) in [5, 5.41) is 2.83. The van der Waals surface area contributed by atoms with E-state index in [1.807, 2.05) is 24.3 Å². The van der Waals surface area contributed by atoms with Gasteiger partial charge in [-0.15, -0.1) is 0 Å². The first-order valence-corrected chi connectivity index (χ1v) is 10.3. The normalized spacial score (nSPS) is 13.7. The molecule has 0 bridgehead atoms. The number of ketones is 1. The molecule has 1 N–H and O–H groups in total. The fraction of sp³-hybridized carbons (Fsp3) is 0.304. The van der Waals surface area contributed by atoms with Gasteiger partial charge in [0.25, 0.3) is 5.88 Å². The monoisotopic (exact) mass is 435 g/mol. The van der Waals surface area contributed by atoms with Crippen LogP contribution in [0.25, 0.3) is 11.0 Å². The summed E-state index contributed by atoms with van der Waals surface area (Å²) >= 11 is 0. The molecule has 4 rings (SSSR count). The van der Waals surface area contributed by atoms with E-state index < -0.39 is 0 Å². The largest absolute Gasteiger partial charge is 0.497 e. The number of aromatic nitrogens is 2. The molecule has 1 aliphatic heterocycles. The summed E-state index contributed by atoms with van der Waals surface area (Å²) in [7, 11) is 3.07. The van der Waals surface area contributed by atoms with Crippen LogP contribution in [0.2, 0.25) is 0 Å². The molecule has 2 amide bonds. The van der Waals surface area contributed by atoms with E-state index in [0.717, 1.165) is 5.69 Å². The summed E-state index contributed by atoms with van der Waals surface area (Å²) in [5.74, 6) is 1.21. The van der Waals surface area contributed by atoms with Gasteiger partial charge >= 0.3 is 6.03 Å². The number of carbonyl (C=O) groups excluding carboxylic acids is 2. The van der Waals surface area contributed by atoms with Crippen molar-refractivity contribution in [2.24, 2.45) is 0 Å². The number of hydrogen-bond acceptors (Lipinski definition) is 7. The third kappa shape index (κ3) is 4.41. The van der Waals surface area contributed by atoms with E-state index in [1.54, 1.807) is 37.1 Å². The van der Waals surface area contributed by atoms with Crippen LogP contribution >= 0.6 is 0 Å². The molecule has 1 fully saturated rings. The number of methoxy groups -OCH3 is 2. The third-order valence-corrected chi connectivity index (χ3v) is 5.46. The fourth-order valence-electron chi connectivity index (χ4n) is 3.62. The Kier molecular flexibility index (Phi) is 6.07. The first kappa shape index (κ1) is 21.4. The second-order valence-electron chi connectivity index (χ2n) is 7.44. The maximum Gasteiger partial charge on any atom is 0.323 e. The minimum atomic E-state index is -0.258. The Bertz CT molecular complexity index is 1140. The van der Waals surface area contributed by atoms with E-state index in [4.69, 9.17) is 9.47 Å². The Morgan fingerprint density at radius 1 is 0.906 bits per heavy atom. The van der Waals surface area contributed by atoms with Crippen molar-refractivity contribution in [3.05, 3.63) is 48.0 Å². The standard InChI is InChI=1S/C23H25N5O4/c1-15(29)16-4-6-17(7-5-16)27-10-12-28(13-11-27)23(30)26-21-22(32-3)25-19-9-8-18(31-2)14-20(19)24-21/h4-9,14H,10-13H2,1-3H3,(H,24,26,30). The molecule has 0 atom stereocenters. The van der Waals surface area contributed by atoms with Crippen molar-refractivity contribution in [1.29, 1.82) is 0 Å². The molecular weight excluding hydrogens is 410 g/mol. The predicted octanol–water partition coefficient (Wildman–Crippen LogP) is 3.20. The molecule has 166 valence electrons. The Morgan fingerprint density at radius 2 is 1.62 bits per heavy atom. The number of hydrogen-bond donors (Lipinski definition) is 1. The molecule has 0 aliphatic carbocycles. The molecule has 1 aromatic heterocycles. The molecule has 3 aromatic rings. The molecule has 2 aromatic carbocycles. The second kappa shape index (κ2) is 9.09. The van der Waals surface area contributed by atoms with Crippen molar-refractivity contribution in [2.75, 3.05) is 50.6 Å². The molecule has 0 radical (unpaired) electrons. The SMILES string of the molecule is COc1ccc2nc(OC)c(NC(=O)N3CCN(c4ccc(C(C)=O)cc4)CC3)nc2c1. The van der Waals surface area contributed by atoms with Crippen LogP contribution in [0, 0.1) is 0 Å². The van der Waals surface area contributed by atoms with Crippen molar-refractivity contribution in [3.8, 4) is 11.6 Å². The highest BCUT2D eigenvalue weighted by atomic mass is 16.5. The van der Waals surface area contributed by atoms with Crippen LogP contribution in [0.15, 0.2) is 42.5 Å². The van der Waals surface area contributed by atoms with Gasteiger partial charge in [0.05, 0.1) is 25.3 Å². The number of carbonyl (C=O) groups is 2. The number of anilines is 2. The van der Waals surface area contributed by atoms with Gasteiger partial charge < -0.3 is 19.3 Å². The smallest absolute Gasteiger partial charge is 0.323 e. The first-order valence-electron chi connectivity index (χ1n) is 10.3. The maximum absolute atomic E-state index is 12.9. The number of urea groups is 1. The van der Waals surface area contributed by atoms with Crippen LogP contribution in [0.3, 0.4) is 0 Å². The second-order valence-corrected chi connectivity index (χ2v) is 7.44. The molecule has 9 heteroatoms. The Morgan fingerprint density at radius 3 is 2.25 bits per heavy atom. The van der Waals surface area contributed by atoms with Crippen LogP contribution in [0.1, 0.15) is 17.3 Å². The van der Waals surface area contributed by atoms with Crippen molar-refractivity contribution in [2.45, 2.75) is 6.92 Å². The van der Waals surface area contributed by atoms with E-state index in [9.17, 15) is 9.59 Å². The van der Waals surface area contributed by atoms with Gasteiger partial charge in [0, 0.05) is 43.5 Å². The van der Waals surface area contributed by atoms with E-state index in [1.165, 1.54) is 7.11 Å². The third-order valence-electron chi connectivity index (χ3n) is 5.46. The zero-order chi connectivity index (χ0) is 22.7. The molecule has 1 aliphatic rings. The molecular formula is C23H25N5O4. The Hall–Kier alpha value is -3.88. The van der Waals surface area contributed by atoms with Crippen LogP contribution in [0.4, 0.5) is 16.3 Å². The van der Waals surface area contributed by atoms with Gasteiger partial charge in [0.2, 0.25) is 0 Å². The van der Waals surface area contributed by atoms with Gasteiger partial charge in [-0.3, -0.25) is 10.1 Å². The van der Waals surface area contributed by atoms with E-state index in [-0.39, 0.29) is 23.5 Å². The van der Waals surface area contributed by atoms with Crippen molar-refractivity contribution >= 4 is 34.4 Å². The summed E-state index contributed by atoms with van der Waals surface area (Å²) in [6.07, 6.45) is 0. The minimum Gasteiger partial charge on any atom is -0.497 e. The summed E-state index contributed by atoms with van der Waals surface area (Å²) < 4.78 is 10.6. The highest BCUT2D eigenvalue weighted by Crippen LogP contribution is 2.26.